The number of aliphatic hydroxyl groups is 1. The fourth-order valence-corrected chi connectivity index (χ4v) is 1.84. The van der Waals surface area contributed by atoms with Crippen LogP contribution >= 0.6 is 15.9 Å². The molecule has 16 heavy (non-hydrogen) atoms. The molecule has 3 nitrogen and oxygen atoms in total. The highest BCUT2D eigenvalue weighted by molar-refractivity contribution is 9.10. The molecule has 0 aliphatic carbocycles. The van der Waals surface area contributed by atoms with Crippen LogP contribution in [0.5, 0.6) is 0 Å². The third-order valence-corrected chi connectivity index (χ3v) is 3.29. The van der Waals surface area contributed by atoms with Crippen LogP contribution in [-0.4, -0.2) is 21.5 Å². The van der Waals surface area contributed by atoms with E-state index in [1.54, 1.807) is 0 Å². The minimum Gasteiger partial charge on any atom is -0.396 e. The second-order valence-corrected chi connectivity index (χ2v) is 4.51. The van der Waals surface area contributed by atoms with Gasteiger partial charge in [-0.2, -0.15) is 5.10 Å². The summed E-state index contributed by atoms with van der Waals surface area (Å²) in [6.45, 7) is 2.18. The zero-order valence-corrected chi connectivity index (χ0v) is 10.6. The lowest BCUT2D eigenvalue weighted by molar-refractivity contribution is 0.298. The lowest BCUT2D eigenvalue weighted by Gasteiger charge is -2.04. The molecule has 1 heterocycles. The number of aromatic nitrogens is 2. The van der Waals surface area contributed by atoms with Crippen molar-refractivity contribution in [2.45, 2.75) is 13.3 Å². The molecule has 2 rings (SSSR count). The summed E-state index contributed by atoms with van der Waals surface area (Å²) in [7, 11) is 0. The number of hydrogen-bond acceptors (Lipinski definition) is 2. The van der Waals surface area contributed by atoms with E-state index in [-0.39, 0.29) is 6.61 Å². The second kappa shape index (κ2) is 4.80. The fourth-order valence-electron chi connectivity index (χ4n) is 1.48. The number of aliphatic hydroxyl groups excluding tert-OH is 1. The van der Waals surface area contributed by atoms with Gasteiger partial charge in [-0.3, -0.25) is 0 Å². The molecule has 0 atom stereocenters. The van der Waals surface area contributed by atoms with Gasteiger partial charge in [0.15, 0.2) is 0 Å². The predicted molar refractivity (Wildman–Crippen MR) is 66.8 cm³/mol. The number of rotatable bonds is 3. The van der Waals surface area contributed by atoms with Gasteiger partial charge in [0, 0.05) is 23.7 Å². The first-order valence-corrected chi connectivity index (χ1v) is 5.92. The monoisotopic (exact) mass is 280 g/mol. The lowest BCUT2D eigenvalue weighted by Crippen LogP contribution is -1.98. The van der Waals surface area contributed by atoms with Crippen molar-refractivity contribution in [3.63, 3.8) is 0 Å². The standard InChI is InChI=1S/C12H13BrN2O/c1-9-2-3-11(8-12(9)13)15-6-4-10(14-15)5-7-16/h2-4,6,8,16H,5,7H2,1H3. The highest BCUT2D eigenvalue weighted by Gasteiger charge is 2.02. The minimum atomic E-state index is 0.134. The molecule has 0 fully saturated rings. The van der Waals surface area contributed by atoms with Crippen molar-refractivity contribution in [2.75, 3.05) is 6.61 Å². The third-order valence-electron chi connectivity index (χ3n) is 2.43. The van der Waals surface area contributed by atoms with Crippen LogP contribution in [-0.2, 0) is 6.42 Å². The van der Waals surface area contributed by atoms with E-state index in [4.69, 9.17) is 5.11 Å². The van der Waals surface area contributed by atoms with Crippen LogP contribution in [0.2, 0.25) is 0 Å². The van der Waals surface area contributed by atoms with E-state index in [0.717, 1.165) is 15.9 Å². The summed E-state index contributed by atoms with van der Waals surface area (Å²) in [6.07, 6.45) is 2.50. The largest absolute Gasteiger partial charge is 0.396 e. The normalized spacial score (nSPS) is 10.7. The molecular formula is C12H13BrN2O. The molecule has 0 aliphatic rings. The summed E-state index contributed by atoms with van der Waals surface area (Å²) in [6, 6.07) is 8.03. The van der Waals surface area contributed by atoms with E-state index in [1.807, 2.05) is 42.1 Å². The van der Waals surface area contributed by atoms with E-state index in [2.05, 4.69) is 21.0 Å². The maximum Gasteiger partial charge on any atom is 0.0657 e. The van der Waals surface area contributed by atoms with Crippen molar-refractivity contribution >= 4 is 15.9 Å². The van der Waals surface area contributed by atoms with Gasteiger partial charge < -0.3 is 5.11 Å². The zero-order chi connectivity index (χ0) is 11.5. The van der Waals surface area contributed by atoms with E-state index in [0.29, 0.717) is 6.42 Å². The Morgan fingerprint density at radius 2 is 2.19 bits per heavy atom. The van der Waals surface area contributed by atoms with Gasteiger partial charge in [0.2, 0.25) is 0 Å². The number of benzene rings is 1. The van der Waals surface area contributed by atoms with Crippen molar-refractivity contribution in [3.05, 3.63) is 46.2 Å². The van der Waals surface area contributed by atoms with Gasteiger partial charge in [-0.1, -0.05) is 22.0 Å². The quantitative estimate of drug-likeness (QED) is 0.938. The SMILES string of the molecule is Cc1ccc(-n2ccc(CCO)n2)cc1Br. The average Bonchev–Trinajstić information content (AvgIpc) is 2.71. The third kappa shape index (κ3) is 2.33. The molecule has 0 aliphatic heterocycles. The van der Waals surface area contributed by atoms with Crippen LogP contribution in [0.1, 0.15) is 11.3 Å². The molecule has 2 aromatic rings. The maximum atomic E-state index is 8.82. The summed E-state index contributed by atoms with van der Waals surface area (Å²) in [5.74, 6) is 0. The first-order valence-electron chi connectivity index (χ1n) is 5.12. The van der Waals surface area contributed by atoms with E-state index < -0.39 is 0 Å². The molecule has 0 saturated heterocycles. The Labute approximate surface area is 103 Å². The van der Waals surface area contributed by atoms with Crippen molar-refractivity contribution in [2.24, 2.45) is 0 Å². The summed E-state index contributed by atoms with van der Waals surface area (Å²) in [5.41, 5.74) is 3.12. The molecule has 0 unspecified atom stereocenters. The molecular weight excluding hydrogens is 268 g/mol. The maximum absolute atomic E-state index is 8.82. The summed E-state index contributed by atoms with van der Waals surface area (Å²) in [4.78, 5) is 0. The molecule has 0 saturated carbocycles. The van der Waals surface area contributed by atoms with Gasteiger partial charge in [0.05, 0.1) is 11.4 Å². The Kier molecular flexibility index (Phi) is 3.41. The molecule has 1 aromatic heterocycles. The molecule has 84 valence electrons. The summed E-state index contributed by atoms with van der Waals surface area (Å²) in [5, 5.41) is 13.2. The molecule has 0 spiro atoms. The Bertz CT molecular complexity index is 494. The Hall–Kier alpha value is -1.13. The van der Waals surface area contributed by atoms with Crippen LogP contribution in [0.3, 0.4) is 0 Å². The first-order chi connectivity index (χ1) is 7.70. The highest BCUT2D eigenvalue weighted by Crippen LogP contribution is 2.19. The molecule has 0 radical (unpaired) electrons. The van der Waals surface area contributed by atoms with Gasteiger partial charge in [-0.05, 0) is 30.7 Å². The molecule has 1 aromatic carbocycles. The van der Waals surface area contributed by atoms with Crippen LogP contribution < -0.4 is 0 Å². The summed E-state index contributed by atoms with van der Waals surface area (Å²) < 4.78 is 2.89. The fraction of sp³-hybridized carbons (Fsp3) is 0.250. The van der Waals surface area contributed by atoms with Gasteiger partial charge >= 0.3 is 0 Å². The van der Waals surface area contributed by atoms with E-state index >= 15 is 0 Å². The summed E-state index contributed by atoms with van der Waals surface area (Å²) >= 11 is 3.50. The van der Waals surface area contributed by atoms with Gasteiger partial charge in [-0.15, -0.1) is 0 Å². The average molecular weight is 281 g/mol. The molecule has 1 N–H and O–H groups in total. The van der Waals surface area contributed by atoms with Crippen LogP contribution in [0.25, 0.3) is 5.69 Å². The number of halogens is 1. The van der Waals surface area contributed by atoms with Crippen LogP contribution in [0, 0.1) is 6.92 Å². The Morgan fingerprint density at radius 3 is 2.88 bits per heavy atom. The van der Waals surface area contributed by atoms with Crippen molar-refractivity contribution in [3.8, 4) is 5.69 Å². The minimum absolute atomic E-state index is 0.134. The smallest absolute Gasteiger partial charge is 0.0657 e. The molecule has 4 heteroatoms. The van der Waals surface area contributed by atoms with E-state index in [9.17, 15) is 0 Å². The van der Waals surface area contributed by atoms with Crippen molar-refractivity contribution in [1.29, 1.82) is 0 Å². The zero-order valence-electron chi connectivity index (χ0n) is 9.02. The number of nitrogens with zero attached hydrogens (tertiary/aromatic N) is 2. The Morgan fingerprint density at radius 1 is 1.38 bits per heavy atom. The predicted octanol–water partition coefficient (Wildman–Crippen LogP) is 2.48. The number of hydrogen-bond donors (Lipinski definition) is 1. The Balaban J connectivity index is 2.31. The molecule has 0 bridgehead atoms. The van der Waals surface area contributed by atoms with E-state index in [1.165, 1.54) is 5.56 Å². The first kappa shape index (κ1) is 11.4. The van der Waals surface area contributed by atoms with Crippen LogP contribution in [0.15, 0.2) is 34.9 Å². The number of aryl methyl sites for hydroxylation is 1. The highest BCUT2D eigenvalue weighted by atomic mass is 79.9. The van der Waals surface area contributed by atoms with Gasteiger partial charge in [0.1, 0.15) is 0 Å². The lowest BCUT2D eigenvalue weighted by atomic mass is 10.2. The molecule has 0 amide bonds. The van der Waals surface area contributed by atoms with Crippen LogP contribution in [0.4, 0.5) is 0 Å². The second-order valence-electron chi connectivity index (χ2n) is 3.66. The van der Waals surface area contributed by atoms with Gasteiger partial charge in [0.25, 0.3) is 0 Å². The topological polar surface area (TPSA) is 38.0 Å². The van der Waals surface area contributed by atoms with Crippen molar-refractivity contribution < 1.29 is 5.11 Å². The van der Waals surface area contributed by atoms with Crippen molar-refractivity contribution in [1.82, 2.24) is 9.78 Å². The van der Waals surface area contributed by atoms with Gasteiger partial charge in [-0.25, -0.2) is 4.68 Å².